The van der Waals surface area contributed by atoms with Crippen molar-refractivity contribution in [1.29, 1.82) is 0 Å². The van der Waals surface area contributed by atoms with Gasteiger partial charge in [-0.2, -0.15) is 5.10 Å². The number of amides is 1. The van der Waals surface area contributed by atoms with Crippen LogP contribution in [0.3, 0.4) is 0 Å². The van der Waals surface area contributed by atoms with Gasteiger partial charge in [0.15, 0.2) is 0 Å². The average Bonchev–Trinajstić information content (AvgIpc) is 3.04. The Morgan fingerprint density at radius 3 is 2.95 bits per heavy atom. The summed E-state index contributed by atoms with van der Waals surface area (Å²) in [6.45, 7) is 0.562. The van der Waals surface area contributed by atoms with Crippen molar-refractivity contribution in [3.05, 3.63) is 53.5 Å². The molecule has 2 aromatic rings. The highest BCUT2D eigenvalue weighted by Crippen LogP contribution is 2.21. The van der Waals surface area contributed by atoms with E-state index in [1.54, 1.807) is 24.3 Å². The summed E-state index contributed by atoms with van der Waals surface area (Å²) in [5.74, 6) is -0.574. The van der Waals surface area contributed by atoms with Gasteiger partial charge in [-0.1, -0.05) is 23.8 Å². The second-order valence-electron chi connectivity index (χ2n) is 5.44. The standard InChI is InChI=1S/C17H18FN3O/c18-14-9-5-4-8-13(14)15-10-16(21-20-15)17(22)19-11-12-6-2-1-3-7-12/h4-6,8-10H,1-3,7,11H2,(H,19,22)(H,20,21). The number of aromatic amines is 1. The zero-order chi connectivity index (χ0) is 15.4. The second kappa shape index (κ2) is 6.56. The van der Waals surface area contributed by atoms with E-state index in [1.807, 2.05) is 0 Å². The number of hydrogen-bond acceptors (Lipinski definition) is 2. The first kappa shape index (κ1) is 14.5. The Kier molecular flexibility index (Phi) is 4.32. The van der Waals surface area contributed by atoms with Crippen LogP contribution in [0.5, 0.6) is 0 Å². The molecule has 1 amide bonds. The largest absolute Gasteiger partial charge is 0.347 e. The Hall–Kier alpha value is -2.43. The van der Waals surface area contributed by atoms with Crippen LogP contribution in [0.4, 0.5) is 4.39 Å². The van der Waals surface area contributed by atoms with Gasteiger partial charge in [-0.05, 0) is 43.9 Å². The van der Waals surface area contributed by atoms with E-state index in [0.717, 1.165) is 12.8 Å². The molecule has 2 N–H and O–H groups in total. The number of aromatic nitrogens is 2. The van der Waals surface area contributed by atoms with Gasteiger partial charge >= 0.3 is 0 Å². The number of benzene rings is 1. The fourth-order valence-electron chi connectivity index (χ4n) is 2.60. The number of hydrogen-bond donors (Lipinski definition) is 2. The molecule has 22 heavy (non-hydrogen) atoms. The smallest absolute Gasteiger partial charge is 0.269 e. The van der Waals surface area contributed by atoms with Gasteiger partial charge in [-0.25, -0.2) is 4.39 Å². The van der Waals surface area contributed by atoms with Crippen LogP contribution in [0.15, 0.2) is 42.0 Å². The Morgan fingerprint density at radius 2 is 2.18 bits per heavy atom. The van der Waals surface area contributed by atoms with Crippen molar-refractivity contribution in [2.45, 2.75) is 25.7 Å². The molecule has 0 atom stereocenters. The first-order chi connectivity index (χ1) is 10.7. The van der Waals surface area contributed by atoms with Gasteiger partial charge in [-0.3, -0.25) is 9.89 Å². The van der Waals surface area contributed by atoms with Crippen molar-refractivity contribution < 1.29 is 9.18 Å². The van der Waals surface area contributed by atoms with Crippen molar-refractivity contribution >= 4 is 5.91 Å². The summed E-state index contributed by atoms with van der Waals surface area (Å²) in [5, 5.41) is 9.57. The molecule has 4 nitrogen and oxygen atoms in total. The van der Waals surface area contributed by atoms with Gasteiger partial charge in [-0.15, -0.1) is 0 Å². The molecule has 0 bridgehead atoms. The van der Waals surface area contributed by atoms with E-state index < -0.39 is 0 Å². The third-order valence-corrected chi connectivity index (χ3v) is 3.83. The minimum atomic E-state index is -0.353. The normalized spacial score (nSPS) is 14.5. The molecule has 0 saturated carbocycles. The lowest BCUT2D eigenvalue weighted by Gasteiger charge is -2.12. The fourth-order valence-corrected chi connectivity index (χ4v) is 2.60. The average molecular weight is 299 g/mol. The second-order valence-corrected chi connectivity index (χ2v) is 5.44. The lowest BCUT2D eigenvalue weighted by atomic mass is 10.00. The number of H-pyrrole nitrogens is 1. The van der Waals surface area contributed by atoms with Crippen molar-refractivity contribution in [3.63, 3.8) is 0 Å². The van der Waals surface area contributed by atoms with E-state index in [2.05, 4.69) is 21.6 Å². The van der Waals surface area contributed by atoms with Crippen LogP contribution in [0.2, 0.25) is 0 Å². The summed E-state index contributed by atoms with van der Waals surface area (Å²) >= 11 is 0. The van der Waals surface area contributed by atoms with Crippen LogP contribution in [0, 0.1) is 5.82 Å². The molecular formula is C17H18FN3O. The number of allylic oxidation sites excluding steroid dienone is 1. The number of carbonyl (C=O) groups excluding carboxylic acids is 1. The molecule has 1 aromatic heterocycles. The third-order valence-electron chi connectivity index (χ3n) is 3.83. The predicted molar refractivity (Wildman–Crippen MR) is 82.9 cm³/mol. The van der Waals surface area contributed by atoms with Crippen LogP contribution < -0.4 is 5.32 Å². The van der Waals surface area contributed by atoms with Crippen molar-refractivity contribution in [1.82, 2.24) is 15.5 Å². The summed E-state index contributed by atoms with van der Waals surface area (Å²) < 4.78 is 13.7. The van der Waals surface area contributed by atoms with Crippen LogP contribution >= 0.6 is 0 Å². The zero-order valence-corrected chi connectivity index (χ0v) is 12.2. The number of halogens is 1. The third kappa shape index (κ3) is 3.24. The number of nitrogens with one attached hydrogen (secondary N) is 2. The van der Waals surface area contributed by atoms with Gasteiger partial charge < -0.3 is 5.32 Å². The van der Waals surface area contributed by atoms with Gasteiger partial charge in [0.25, 0.3) is 5.91 Å². The van der Waals surface area contributed by atoms with Crippen molar-refractivity contribution in [3.8, 4) is 11.3 Å². The molecule has 0 unspecified atom stereocenters. The molecule has 3 rings (SSSR count). The zero-order valence-electron chi connectivity index (χ0n) is 12.2. The first-order valence-corrected chi connectivity index (χ1v) is 7.50. The highest BCUT2D eigenvalue weighted by atomic mass is 19.1. The Morgan fingerprint density at radius 1 is 1.32 bits per heavy atom. The van der Waals surface area contributed by atoms with Crippen molar-refractivity contribution in [2.24, 2.45) is 0 Å². The van der Waals surface area contributed by atoms with Gasteiger partial charge in [0, 0.05) is 12.1 Å². The molecule has 1 heterocycles. The summed E-state index contributed by atoms with van der Waals surface area (Å²) in [4.78, 5) is 12.1. The summed E-state index contributed by atoms with van der Waals surface area (Å²) in [6, 6.07) is 7.95. The molecule has 1 aliphatic carbocycles. The lowest BCUT2D eigenvalue weighted by Crippen LogP contribution is -2.26. The minimum Gasteiger partial charge on any atom is -0.347 e. The quantitative estimate of drug-likeness (QED) is 0.850. The fraction of sp³-hybridized carbons (Fsp3) is 0.294. The maximum atomic E-state index is 13.7. The van der Waals surface area contributed by atoms with E-state index >= 15 is 0 Å². The maximum absolute atomic E-state index is 13.7. The van der Waals surface area contributed by atoms with Crippen LogP contribution in [0.25, 0.3) is 11.3 Å². The number of rotatable bonds is 4. The number of nitrogens with zero attached hydrogens (tertiary/aromatic N) is 1. The molecule has 1 aromatic carbocycles. The molecular weight excluding hydrogens is 281 g/mol. The summed E-state index contributed by atoms with van der Waals surface area (Å²) in [5.41, 5.74) is 2.43. The van der Waals surface area contributed by atoms with Gasteiger partial charge in [0.05, 0.1) is 5.69 Å². The first-order valence-electron chi connectivity index (χ1n) is 7.50. The number of carbonyl (C=O) groups is 1. The molecule has 0 fully saturated rings. The molecule has 0 radical (unpaired) electrons. The Bertz CT molecular complexity index is 705. The van der Waals surface area contributed by atoms with Crippen LogP contribution in [-0.2, 0) is 0 Å². The highest BCUT2D eigenvalue weighted by molar-refractivity contribution is 5.93. The Labute approximate surface area is 128 Å². The topological polar surface area (TPSA) is 57.8 Å². The monoisotopic (exact) mass is 299 g/mol. The van der Waals surface area contributed by atoms with E-state index in [1.165, 1.54) is 24.5 Å². The summed E-state index contributed by atoms with van der Waals surface area (Å²) in [7, 11) is 0. The van der Waals surface area contributed by atoms with Crippen molar-refractivity contribution in [2.75, 3.05) is 6.54 Å². The predicted octanol–water partition coefficient (Wildman–Crippen LogP) is 3.45. The molecule has 0 spiro atoms. The maximum Gasteiger partial charge on any atom is 0.269 e. The SMILES string of the molecule is O=C(NCC1=CCCCC1)c1cc(-c2ccccc2F)n[nH]1. The van der Waals surface area contributed by atoms with E-state index in [9.17, 15) is 9.18 Å². The van der Waals surface area contributed by atoms with Gasteiger partial charge in [0.1, 0.15) is 11.5 Å². The molecule has 0 aliphatic heterocycles. The molecule has 1 aliphatic rings. The summed E-state index contributed by atoms with van der Waals surface area (Å²) in [6.07, 6.45) is 6.74. The van der Waals surface area contributed by atoms with Crippen LogP contribution in [-0.4, -0.2) is 22.6 Å². The highest BCUT2D eigenvalue weighted by Gasteiger charge is 2.13. The molecule has 114 valence electrons. The molecule has 0 saturated heterocycles. The van der Waals surface area contributed by atoms with Crippen LogP contribution in [0.1, 0.15) is 36.2 Å². The van der Waals surface area contributed by atoms with E-state index in [0.29, 0.717) is 23.5 Å². The van der Waals surface area contributed by atoms with E-state index in [-0.39, 0.29) is 11.7 Å². The van der Waals surface area contributed by atoms with E-state index in [4.69, 9.17) is 0 Å². The Balaban J connectivity index is 1.67. The van der Waals surface area contributed by atoms with Gasteiger partial charge in [0.2, 0.25) is 0 Å². The minimum absolute atomic E-state index is 0.221. The lowest BCUT2D eigenvalue weighted by molar-refractivity contribution is 0.0951. The molecule has 5 heteroatoms.